The third-order valence-corrected chi connectivity index (χ3v) is 6.84. The van der Waals surface area contributed by atoms with Crippen molar-refractivity contribution in [1.29, 1.82) is 0 Å². The van der Waals surface area contributed by atoms with Crippen LogP contribution in [-0.2, 0) is 57.0 Å². The van der Waals surface area contributed by atoms with Crippen LogP contribution in [0.2, 0.25) is 0 Å². The highest BCUT2D eigenvalue weighted by molar-refractivity contribution is 5.80. The number of hydrogen-bond acceptors (Lipinski definition) is 12. The Morgan fingerprint density at radius 2 is 0.673 bits per heavy atom. The molecular formula is C35H69NO13. The summed E-state index contributed by atoms with van der Waals surface area (Å²) in [6.45, 7) is 13.3. The molecule has 0 saturated heterocycles. The summed E-state index contributed by atoms with van der Waals surface area (Å²) in [5.41, 5.74) is 0. The number of carboxylic acids is 1. The van der Waals surface area contributed by atoms with Gasteiger partial charge in [0, 0.05) is 26.2 Å². The third-order valence-electron chi connectivity index (χ3n) is 6.84. The quantitative estimate of drug-likeness (QED) is 0.0884. The maximum atomic E-state index is 11.4. The van der Waals surface area contributed by atoms with Gasteiger partial charge in [0.2, 0.25) is 5.91 Å². The maximum Gasteiger partial charge on any atom is 0.303 e. The largest absolute Gasteiger partial charge is 0.481 e. The predicted octanol–water partition coefficient (Wildman–Crippen LogP) is 3.66. The summed E-state index contributed by atoms with van der Waals surface area (Å²) in [4.78, 5) is 21.8. The summed E-state index contributed by atoms with van der Waals surface area (Å²) < 4.78 is 54.9. The van der Waals surface area contributed by atoms with Crippen molar-refractivity contribution < 1.29 is 62.1 Å². The molecule has 0 rings (SSSR count). The second-order valence-electron chi connectivity index (χ2n) is 11.2. The number of carboxylic acid groups (broad SMARTS) is 1. The van der Waals surface area contributed by atoms with E-state index in [2.05, 4.69) is 12.2 Å². The summed E-state index contributed by atoms with van der Waals surface area (Å²) in [7, 11) is 0. The first kappa shape index (κ1) is 47.5. The molecule has 0 spiro atoms. The zero-order valence-electron chi connectivity index (χ0n) is 30.5. The summed E-state index contributed by atoms with van der Waals surface area (Å²) in [6.07, 6.45) is 11.0. The normalized spacial score (nSPS) is 11.4. The molecule has 0 aliphatic heterocycles. The molecule has 49 heavy (non-hydrogen) atoms. The van der Waals surface area contributed by atoms with E-state index >= 15 is 0 Å². The summed E-state index contributed by atoms with van der Waals surface area (Å²) in [6, 6.07) is 0. The SMILES string of the molecule is CCCCCCCCCCOCCOCCOCCOCCOCCOCCOCCOCCOCCOCCCNC(=O)CCC(=O)O. The van der Waals surface area contributed by atoms with Gasteiger partial charge in [-0.1, -0.05) is 51.9 Å². The Labute approximate surface area is 295 Å². The second-order valence-corrected chi connectivity index (χ2v) is 11.2. The molecule has 0 unspecified atom stereocenters. The fourth-order valence-corrected chi connectivity index (χ4v) is 4.13. The van der Waals surface area contributed by atoms with Crippen LogP contribution in [0.15, 0.2) is 0 Å². The minimum absolute atomic E-state index is 0.00736. The number of nitrogens with one attached hydrogen (secondary N) is 1. The van der Waals surface area contributed by atoms with Gasteiger partial charge in [-0.15, -0.1) is 0 Å². The number of aliphatic carboxylic acids is 1. The fraction of sp³-hybridized carbons (Fsp3) is 0.943. The summed E-state index contributed by atoms with van der Waals surface area (Å²) in [5, 5.41) is 11.2. The van der Waals surface area contributed by atoms with Crippen LogP contribution in [0, 0.1) is 0 Å². The van der Waals surface area contributed by atoms with Gasteiger partial charge < -0.3 is 57.8 Å². The molecule has 0 aliphatic carbocycles. The van der Waals surface area contributed by atoms with Gasteiger partial charge in [0.25, 0.3) is 0 Å². The Balaban J connectivity index is 3.08. The lowest BCUT2D eigenvalue weighted by Gasteiger charge is -2.09. The van der Waals surface area contributed by atoms with E-state index in [1.54, 1.807) is 0 Å². The lowest BCUT2D eigenvalue weighted by molar-refractivity contribution is -0.138. The Morgan fingerprint density at radius 3 is 1.00 bits per heavy atom. The minimum atomic E-state index is -0.980. The molecule has 0 aromatic rings. The Hall–Kier alpha value is -1.46. The molecule has 0 aliphatic rings. The van der Waals surface area contributed by atoms with Crippen LogP contribution in [0.3, 0.4) is 0 Å². The molecule has 292 valence electrons. The van der Waals surface area contributed by atoms with E-state index in [4.69, 9.17) is 52.5 Å². The van der Waals surface area contributed by atoms with Crippen molar-refractivity contribution in [1.82, 2.24) is 5.32 Å². The van der Waals surface area contributed by atoms with E-state index in [9.17, 15) is 9.59 Å². The molecule has 14 nitrogen and oxygen atoms in total. The van der Waals surface area contributed by atoms with Crippen LogP contribution in [0.5, 0.6) is 0 Å². The van der Waals surface area contributed by atoms with Gasteiger partial charge in [-0.25, -0.2) is 0 Å². The molecule has 0 heterocycles. The van der Waals surface area contributed by atoms with E-state index < -0.39 is 5.97 Å². The van der Waals surface area contributed by atoms with Gasteiger partial charge in [0.15, 0.2) is 0 Å². The second kappa shape index (κ2) is 42.7. The Kier molecular flexibility index (Phi) is 41.4. The molecule has 0 aromatic carbocycles. The highest BCUT2D eigenvalue weighted by Gasteiger charge is 2.04. The topological polar surface area (TPSA) is 159 Å². The van der Waals surface area contributed by atoms with Crippen molar-refractivity contribution >= 4 is 11.9 Å². The number of hydrogen-bond donors (Lipinski definition) is 2. The van der Waals surface area contributed by atoms with E-state index in [-0.39, 0.29) is 18.7 Å². The van der Waals surface area contributed by atoms with Crippen LogP contribution < -0.4 is 5.32 Å². The molecule has 0 bridgehead atoms. The molecule has 14 heteroatoms. The van der Waals surface area contributed by atoms with E-state index in [0.717, 1.165) is 13.0 Å². The average molecular weight is 712 g/mol. The van der Waals surface area contributed by atoms with Crippen molar-refractivity contribution in [3.05, 3.63) is 0 Å². The lowest BCUT2D eigenvalue weighted by atomic mass is 10.1. The van der Waals surface area contributed by atoms with Gasteiger partial charge in [-0.3, -0.25) is 9.59 Å². The van der Waals surface area contributed by atoms with Crippen molar-refractivity contribution in [2.75, 3.05) is 139 Å². The first-order valence-electron chi connectivity index (χ1n) is 18.4. The molecule has 0 saturated carbocycles. The Morgan fingerprint density at radius 1 is 0.388 bits per heavy atom. The number of carbonyl (C=O) groups excluding carboxylic acids is 1. The van der Waals surface area contributed by atoms with Gasteiger partial charge in [0.1, 0.15) is 0 Å². The van der Waals surface area contributed by atoms with Crippen molar-refractivity contribution in [3.8, 4) is 0 Å². The van der Waals surface area contributed by atoms with E-state index in [0.29, 0.717) is 138 Å². The highest BCUT2D eigenvalue weighted by Crippen LogP contribution is 2.08. The van der Waals surface area contributed by atoms with Crippen LogP contribution >= 0.6 is 0 Å². The van der Waals surface area contributed by atoms with Crippen LogP contribution in [0.4, 0.5) is 0 Å². The molecule has 0 atom stereocenters. The number of amides is 1. The summed E-state index contributed by atoms with van der Waals surface area (Å²) in [5.74, 6) is -1.24. The molecular weight excluding hydrogens is 642 g/mol. The standard InChI is InChI=1S/C35H69NO13/c1-2-3-4-5-6-7-8-9-14-40-16-18-42-20-22-44-24-26-46-28-30-48-32-33-49-31-29-47-27-25-45-23-21-43-19-17-41-15-10-13-36-34(37)11-12-35(38)39/h2-33H2,1H3,(H,36,37)(H,38,39). The number of carbonyl (C=O) groups is 2. The first-order chi connectivity index (χ1) is 24.2. The van der Waals surface area contributed by atoms with Gasteiger partial charge >= 0.3 is 5.97 Å². The predicted molar refractivity (Wildman–Crippen MR) is 185 cm³/mol. The molecule has 2 N–H and O–H groups in total. The van der Waals surface area contributed by atoms with Crippen molar-refractivity contribution in [3.63, 3.8) is 0 Å². The Bertz CT molecular complexity index is 675. The van der Waals surface area contributed by atoms with Crippen LogP contribution in [0.1, 0.15) is 77.6 Å². The third kappa shape index (κ3) is 44.5. The highest BCUT2D eigenvalue weighted by atomic mass is 16.6. The zero-order chi connectivity index (χ0) is 35.6. The maximum absolute atomic E-state index is 11.4. The average Bonchev–Trinajstić information content (AvgIpc) is 3.10. The smallest absolute Gasteiger partial charge is 0.303 e. The molecule has 0 radical (unpaired) electrons. The van der Waals surface area contributed by atoms with Gasteiger partial charge in [-0.2, -0.15) is 0 Å². The zero-order valence-corrected chi connectivity index (χ0v) is 30.5. The minimum Gasteiger partial charge on any atom is -0.481 e. The summed E-state index contributed by atoms with van der Waals surface area (Å²) >= 11 is 0. The van der Waals surface area contributed by atoms with Crippen LogP contribution in [-0.4, -0.2) is 156 Å². The number of rotatable bonds is 43. The molecule has 0 fully saturated rings. The fourth-order valence-electron chi connectivity index (χ4n) is 4.13. The van der Waals surface area contributed by atoms with Gasteiger partial charge in [0.05, 0.1) is 125 Å². The first-order valence-corrected chi connectivity index (χ1v) is 18.4. The molecule has 0 aromatic heterocycles. The molecule has 1 amide bonds. The van der Waals surface area contributed by atoms with E-state index in [1.807, 2.05) is 0 Å². The van der Waals surface area contributed by atoms with Crippen LogP contribution in [0.25, 0.3) is 0 Å². The van der Waals surface area contributed by atoms with Gasteiger partial charge in [-0.05, 0) is 12.8 Å². The monoisotopic (exact) mass is 711 g/mol. The van der Waals surface area contributed by atoms with Crippen molar-refractivity contribution in [2.24, 2.45) is 0 Å². The lowest BCUT2D eigenvalue weighted by Crippen LogP contribution is -2.25. The number of unbranched alkanes of at least 4 members (excludes halogenated alkanes) is 7. The van der Waals surface area contributed by atoms with Crippen molar-refractivity contribution in [2.45, 2.75) is 77.6 Å². The van der Waals surface area contributed by atoms with E-state index in [1.165, 1.54) is 44.9 Å². The number of ether oxygens (including phenoxy) is 10.